The molecule has 0 spiro atoms. The number of benzene rings is 3. The Morgan fingerprint density at radius 2 is 1.53 bits per heavy atom. The number of thiazole rings is 1. The van der Waals surface area contributed by atoms with Crippen LogP contribution in [0.15, 0.2) is 95.9 Å². The average Bonchev–Trinajstić information content (AvgIpc) is 3.56. The highest BCUT2D eigenvalue weighted by atomic mass is 32.1. The molecular weight excluding hydrogens is 449 g/mol. The minimum atomic E-state index is -0.321. The van der Waals surface area contributed by atoms with Crippen molar-refractivity contribution in [1.82, 2.24) is 24.4 Å². The number of halogens is 1. The minimum Gasteiger partial charge on any atom is -0.266 e. The maximum absolute atomic E-state index is 13.5. The van der Waals surface area contributed by atoms with Crippen LogP contribution in [0.25, 0.3) is 39.4 Å². The van der Waals surface area contributed by atoms with Gasteiger partial charge < -0.3 is 0 Å². The molecule has 0 saturated carbocycles. The molecule has 0 aliphatic rings. The van der Waals surface area contributed by atoms with Gasteiger partial charge in [0.1, 0.15) is 11.5 Å². The van der Waals surface area contributed by atoms with E-state index in [1.807, 2.05) is 66.9 Å². The van der Waals surface area contributed by atoms with Crippen LogP contribution in [0.5, 0.6) is 0 Å². The molecule has 164 valence electrons. The number of hydrogen-bond acceptors (Lipinski definition) is 5. The van der Waals surface area contributed by atoms with Crippen molar-refractivity contribution in [2.45, 2.75) is 0 Å². The third kappa shape index (κ3) is 3.60. The van der Waals surface area contributed by atoms with Crippen molar-refractivity contribution in [2.24, 2.45) is 0 Å². The van der Waals surface area contributed by atoms with Gasteiger partial charge in [-0.2, -0.15) is 14.6 Å². The first-order chi connectivity index (χ1) is 16.7. The highest BCUT2D eigenvalue weighted by Gasteiger charge is 2.15. The van der Waals surface area contributed by atoms with E-state index >= 15 is 0 Å². The summed E-state index contributed by atoms with van der Waals surface area (Å²) >= 11 is 1.27. The number of para-hydroxylation sites is 1. The van der Waals surface area contributed by atoms with E-state index in [1.54, 1.807) is 22.9 Å². The predicted octanol–water partition coefficient (Wildman–Crippen LogP) is 4.36. The van der Waals surface area contributed by atoms with Crippen LogP contribution >= 0.6 is 11.3 Å². The summed E-state index contributed by atoms with van der Waals surface area (Å²) in [6.07, 6.45) is 3.65. The second kappa shape index (κ2) is 8.17. The first kappa shape index (κ1) is 20.2. The fourth-order valence-corrected chi connectivity index (χ4v) is 4.62. The van der Waals surface area contributed by atoms with E-state index in [0.717, 1.165) is 22.4 Å². The van der Waals surface area contributed by atoms with Gasteiger partial charge >= 0.3 is 0 Å². The summed E-state index contributed by atoms with van der Waals surface area (Å²) in [5.74, 6) is 0.192. The molecule has 3 heterocycles. The van der Waals surface area contributed by atoms with Gasteiger partial charge in [-0.1, -0.05) is 59.9 Å². The number of aromatic nitrogens is 5. The number of nitrogens with zero attached hydrogens (tertiary/aromatic N) is 5. The molecule has 3 aromatic heterocycles. The zero-order valence-corrected chi connectivity index (χ0v) is 18.5. The van der Waals surface area contributed by atoms with Gasteiger partial charge in [-0.05, 0) is 42.5 Å². The molecule has 3 aromatic carbocycles. The fraction of sp³-hybridized carbons (Fsp3) is 0. The van der Waals surface area contributed by atoms with E-state index in [4.69, 9.17) is 5.10 Å². The van der Waals surface area contributed by atoms with Crippen molar-refractivity contribution >= 4 is 22.4 Å². The van der Waals surface area contributed by atoms with Gasteiger partial charge in [-0.25, -0.2) is 9.07 Å². The van der Waals surface area contributed by atoms with Gasteiger partial charge in [-0.3, -0.25) is 4.79 Å². The van der Waals surface area contributed by atoms with E-state index in [9.17, 15) is 9.18 Å². The number of fused-ring (bicyclic) bond motifs is 1. The topological polar surface area (TPSA) is 65.1 Å². The van der Waals surface area contributed by atoms with Crippen LogP contribution in [0.1, 0.15) is 5.56 Å². The molecular formula is C26H16FN5OS. The lowest BCUT2D eigenvalue weighted by molar-refractivity contribution is 0.628. The van der Waals surface area contributed by atoms with E-state index in [1.165, 1.54) is 28.0 Å². The molecule has 6 aromatic rings. The van der Waals surface area contributed by atoms with Crippen molar-refractivity contribution < 1.29 is 4.39 Å². The van der Waals surface area contributed by atoms with Crippen LogP contribution in [-0.4, -0.2) is 24.4 Å². The van der Waals surface area contributed by atoms with Crippen LogP contribution in [0.3, 0.4) is 0 Å². The monoisotopic (exact) mass is 465 g/mol. The molecule has 0 saturated heterocycles. The summed E-state index contributed by atoms with van der Waals surface area (Å²) in [6, 6.07) is 25.4. The molecule has 0 N–H and O–H groups in total. The van der Waals surface area contributed by atoms with Gasteiger partial charge in [0.25, 0.3) is 5.56 Å². The summed E-state index contributed by atoms with van der Waals surface area (Å²) in [6.45, 7) is 0. The lowest BCUT2D eigenvalue weighted by Gasteiger charge is -2.00. The highest BCUT2D eigenvalue weighted by molar-refractivity contribution is 7.15. The van der Waals surface area contributed by atoms with Gasteiger partial charge in [0.05, 0.1) is 10.2 Å². The second-order valence-corrected chi connectivity index (χ2v) is 8.64. The summed E-state index contributed by atoms with van der Waals surface area (Å²) in [7, 11) is 0. The van der Waals surface area contributed by atoms with Crippen LogP contribution in [0.2, 0.25) is 0 Å². The molecule has 8 heteroatoms. The molecule has 0 aliphatic carbocycles. The van der Waals surface area contributed by atoms with Crippen LogP contribution in [0.4, 0.5) is 4.39 Å². The minimum absolute atomic E-state index is 0.243. The second-order valence-electron chi connectivity index (χ2n) is 7.63. The lowest BCUT2D eigenvalue weighted by Crippen LogP contribution is -2.23. The molecule has 0 bridgehead atoms. The Morgan fingerprint density at radius 1 is 0.824 bits per heavy atom. The van der Waals surface area contributed by atoms with Crippen LogP contribution in [-0.2, 0) is 0 Å². The Bertz CT molecular complexity index is 1720. The smallest absolute Gasteiger partial charge is 0.266 e. The fourth-order valence-electron chi connectivity index (χ4n) is 3.72. The molecule has 6 nitrogen and oxygen atoms in total. The number of hydrogen-bond donors (Lipinski definition) is 0. The molecule has 0 aliphatic heterocycles. The Hall–Kier alpha value is -4.43. The van der Waals surface area contributed by atoms with Crippen LogP contribution < -0.4 is 10.1 Å². The normalized spacial score (nSPS) is 12.0. The molecule has 0 fully saturated rings. The Labute approximate surface area is 196 Å². The summed E-state index contributed by atoms with van der Waals surface area (Å²) < 4.78 is 17.1. The standard InChI is InChI=1S/C26H16FN5OS/c27-20-13-11-17(12-14-20)23-19(16-31(29-23)21-9-5-2-6-10-21)15-22-25(33)32-26(34-22)28-24(30-32)18-7-3-1-4-8-18/h1-16H. The van der Waals surface area contributed by atoms with Crippen molar-refractivity contribution in [2.75, 3.05) is 0 Å². The van der Waals surface area contributed by atoms with E-state index < -0.39 is 0 Å². The third-order valence-electron chi connectivity index (χ3n) is 5.38. The van der Waals surface area contributed by atoms with E-state index in [2.05, 4.69) is 10.1 Å². The summed E-state index contributed by atoms with van der Waals surface area (Å²) in [5, 5.41) is 9.14. The van der Waals surface area contributed by atoms with Gasteiger partial charge in [0.15, 0.2) is 5.82 Å². The maximum Gasteiger partial charge on any atom is 0.291 e. The Morgan fingerprint density at radius 3 is 2.24 bits per heavy atom. The molecule has 0 radical (unpaired) electrons. The van der Waals surface area contributed by atoms with Gasteiger partial charge in [-0.15, -0.1) is 5.10 Å². The first-order valence-electron chi connectivity index (χ1n) is 10.5. The van der Waals surface area contributed by atoms with Crippen molar-refractivity contribution in [3.8, 4) is 28.3 Å². The quantitative estimate of drug-likeness (QED) is 0.388. The largest absolute Gasteiger partial charge is 0.291 e. The molecule has 0 amide bonds. The van der Waals surface area contributed by atoms with Crippen LogP contribution in [0, 0.1) is 5.82 Å². The molecule has 34 heavy (non-hydrogen) atoms. The van der Waals surface area contributed by atoms with Crippen molar-refractivity contribution in [3.05, 3.63) is 117 Å². The third-order valence-corrected chi connectivity index (χ3v) is 6.34. The summed E-state index contributed by atoms with van der Waals surface area (Å²) in [4.78, 5) is 18.2. The first-order valence-corrected chi connectivity index (χ1v) is 11.4. The number of rotatable bonds is 4. The predicted molar refractivity (Wildman–Crippen MR) is 130 cm³/mol. The Balaban J connectivity index is 1.50. The van der Waals surface area contributed by atoms with Gasteiger partial charge in [0, 0.05) is 22.9 Å². The van der Waals surface area contributed by atoms with E-state index in [0.29, 0.717) is 21.0 Å². The molecule has 0 unspecified atom stereocenters. The van der Waals surface area contributed by atoms with Gasteiger partial charge in [0.2, 0.25) is 4.96 Å². The van der Waals surface area contributed by atoms with Crippen molar-refractivity contribution in [1.29, 1.82) is 0 Å². The van der Waals surface area contributed by atoms with Crippen molar-refractivity contribution in [3.63, 3.8) is 0 Å². The molecule has 0 atom stereocenters. The average molecular weight is 466 g/mol. The zero-order valence-electron chi connectivity index (χ0n) is 17.7. The maximum atomic E-state index is 13.5. The summed E-state index contributed by atoms with van der Waals surface area (Å²) in [5.41, 5.74) is 3.62. The SMILES string of the molecule is O=c1c(=Cc2cn(-c3ccccc3)nc2-c2ccc(F)cc2)sc2nc(-c3ccccc3)nn12. The lowest BCUT2D eigenvalue weighted by atomic mass is 10.1. The Kier molecular flexibility index (Phi) is 4.85. The molecule has 6 rings (SSSR count). The highest BCUT2D eigenvalue weighted by Crippen LogP contribution is 2.25. The van der Waals surface area contributed by atoms with E-state index in [-0.39, 0.29) is 11.4 Å². The zero-order chi connectivity index (χ0) is 23.1.